The summed E-state index contributed by atoms with van der Waals surface area (Å²) < 4.78 is 11.2. The van der Waals surface area contributed by atoms with Crippen molar-refractivity contribution < 1.29 is 24.2 Å². The Morgan fingerprint density at radius 1 is 1.19 bits per heavy atom. The zero-order chi connectivity index (χ0) is 18.4. The average molecular weight is 355 g/mol. The zero-order valence-electron chi connectivity index (χ0n) is 14.3. The van der Waals surface area contributed by atoms with Gasteiger partial charge in [0.15, 0.2) is 6.04 Å². The van der Waals surface area contributed by atoms with Crippen molar-refractivity contribution in [3.63, 3.8) is 0 Å². The fraction of sp³-hybridized carbons (Fsp3) is 0.300. The molecule has 1 fully saturated rings. The third kappa shape index (κ3) is 4.61. The normalized spacial score (nSPS) is 17.5. The van der Waals surface area contributed by atoms with Crippen LogP contribution >= 0.6 is 0 Å². The summed E-state index contributed by atoms with van der Waals surface area (Å²) in [5.74, 6) is -1.03. The number of hydrogen-bond donors (Lipinski definition) is 2. The highest BCUT2D eigenvalue weighted by Crippen LogP contribution is 2.19. The lowest BCUT2D eigenvalue weighted by atomic mass is 10.1. The molecule has 26 heavy (non-hydrogen) atoms. The first-order valence-corrected chi connectivity index (χ1v) is 8.56. The van der Waals surface area contributed by atoms with Gasteiger partial charge in [-0.1, -0.05) is 36.4 Å². The number of carboxylic acid groups (broad SMARTS) is 1. The van der Waals surface area contributed by atoms with Gasteiger partial charge >= 0.3 is 5.97 Å². The fourth-order valence-electron chi connectivity index (χ4n) is 2.84. The second kappa shape index (κ2) is 8.49. The molecule has 6 nitrogen and oxygen atoms in total. The maximum absolute atomic E-state index is 12.5. The second-order valence-electron chi connectivity index (χ2n) is 6.13. The first kappa shape index (κ1) is 17.9. The summed E-state index contributed by atoms with van der Waals surface area (Å²) in [6.07, 6.45) is 2.09. The minimum absolute atomic E-state index is 0.0851. The molecule has 0 aliphatic carbocycles. The SMILES string of the molecule is O=C(N[C@H](C(=O)O)c1ccccc1)c1cccc(OCC2CCCO2)c1. The van der Waals surface area contributed by atoms with Crippen LogP contribution in [0, 0.1) is 0 Å². The molecule has 2 aromatic rings. The zero-order valence-corrected chi connectivity index (χ0v) is 14.3. The molecular formula is C20H21NO5. The first-order valence-electron chi connectivity index (χ1n) is 8.56. The van der Waals surface area contributed by atoms with Gasteiger partial charge < -0.3 is 19.9 Å². The lowest BCUT2D eigenvalue weighted by Crippen LogP contribution is -2.33. The average Bonchev–Trinajstić information content (AvgIpc) is 3.18. The summed E-state index contributed by atoms with van der Waals surface area (Å²) in [6.45, 7) is 1.19. The molecule has 1 aliphatic heterocycles. The van der Waals surface area contributed by atoms with E-state index in [0.717, 1.165) is 19.4 Å². The summed E-state index contributed by atoms with van der Waals surface area (Å²) in [4.78, 5) is 24.0. The molecule has 0 saturated carbocycles. The van der Waals surface area contributed by atoms with Gasteiger partial charge in [0.1, 0.15) is 12.4 Å². The molecule has 2 aromatic carbocycles. The van der Waals surface area contributed by atoms with E-state index in [2.05, 4.69) is 5.32 Å². The standard InChI is InChI=1S/C20H21NO5/c22-19(21-18(20(23)24)14-6-2-1-3-7-14)15-8-4-9-16(12-15)26-13-17-10-5-11-25-17/h1-4,6-9,12,17-18H,5,10-11,13H2,(H,21,22)(H,23,24)/t17?,18-/m0/s1. The van der Waals surface area contributed by atoms with Crippen molar-refractivity contribution in [1.29, 1.82) is 0 Å². The monoisotopic (exact) mass is 355 g/mol. The third-order valence-electron chi connectivity index (χ3n) is 4.21. The quantitative estimate of drug-likeness (QED) is 0.798. The predicted molar refractivity (Wildman–Crippen MR) is 95.2 cm³/mol. The Kier molecular flexibility index (Phi) is 5.86. The number of rotatable bonds is 7. The molecule has 1 amide bonds. The van der Waals surface area contributed by atoms with E-state index in [9.17, 15) is 14.7 Å². The smallest absolute Gasteiger partial charge is 0.330 e. The molecule has 2 atom stereocenters. The molecule has 0 radical (unpaired) electrons. The Hall–Kier alpha value is -2.86. The Bertz CT molecular complexity index is 756. The van der Waals surface area contributed by atoms with Crippen LogP contribution in [0.2, 0.25) is 0 Å². The van der Waals surface area contributed by atoms with E-state index in [1.165, 1.54) is 0 Å². The van der Waals surface area contributed by atoms with Crippen LogP contribution in [0.4, 0.5) is 0 Å². The van der Waals surface area contributed by atoms with Crippen molar-refractivity contribution in [3.8, 4) is 5.75 Å². The Morgan fingerprint density at radius 2 is 2.00 bits per heavy atom. The summed E-state index contributed by atoms with van der Waals surface area (Å²) in [5.41, 5.74) is 0.858. The minimum Gasteiger partial charge on any atom is -0.491 e. The summed E-state index contributed by atoms with van der Waals surface area (Å²) >= 11 is 0. The van der Waals surface area contributed by atoms with Crippen molar-refractivity contribution >= 4 is 11.9 Å². The second-order valence-corrected chi connectivity index (χ2v) is 6.13. The molecule has 6 heteroatoms. The van der Waals surface area contributed by atoms with E-state index < -0.39 is 17.9 Å². The predicted octanol–water partition coefficient (Wildman–Crippen LogP) is 2.80. The lowest BCUT2D eigenvalue weighted by Gasteiger charge is -2.16. The number of hydrogen-bond acceptors (Lipinski definition) is 4. The van der Waals surface area contributed by atoms with Gasteiger partial charge in [0, 0.05) is 12.2 Å². The summed E-state index contributed by atoms with van der Waals surface area (Å²) in [5, 5.41) is 12.0. The van der Waals surface area contributed by atoms with Crippen LogP contribution in [-0.2, 0) is 9.53 Å². The molecule has 1 unspecified atom stereocenters. The Labute approximate surface area is 151 Å². The van der Waals surface area contributed by atoms with Crippen molar-refractivity contribution in [2.45, 2.75) is 25.0 Å². The van der Waals surface area contributed by atoms with Crippen molar-refractivity contribution in [2.24, 2.45) is 0 Å². The number of benzene rings is 2. The van der Waals surface area contributed by atoms with Crippen LogP contribution in [0.25, 0.3) is 0 Å². The first-order chi connectivity index (χ1) is 12.6. The number of amides is 1. The van der Waals surface area contributed by atoms with Gasteiger partial charge in [0.2, 0.25) is 0 Å². The van der Waals surface area contributed by atoms with Gasteiger partial charge in [-0.3, -0.25) is 4.79 Å². The molecule has 1 heterocycles. The maximum Gasteiger partial charge on any atom is 0.330 e. The van der Waals surface area contributed by atoms with Crippen molar-refractivity contribution in [2.75, 3.05) is 13.2 Å². The molecule has 0 aromatic heterocycles. The highest BCUT2D eigenvalue weighted by molar-refractivity contribution is 5.97. The van der Waals surface area contributed by atoms with Gasteiger partial charge in [-0.15, -0.1) is 0 Å². The number of carboxylic acids is 1. The van der Waals surface area contributed by atoms with Gasteiger partial charge in [0.25, 0.3) is 5.91 Å². The topological polar surface area (TPSA) is 84.9 Å². The van der Waals surface area contributed by atoms with Crippen LogP contribution in [0.15, 0.2) is 54.6 Å². The molecule has 1 aliphatic rings. The number of carbonyl (C=O) groups excluding carboxylic acids is 1. The Morgan fingerprint density at radius 3 is 2.69 bits per heavy atom. The van der Waals surface area contributed by atoms with Crippen molar-refractivity contribution in [3.05, 3.63) is 65.7 Å². The highest BCUT2D eigenvalue weighted by atomic mass is 16.5. The van der Waals surface area contributed by atoms with E-state index in [-0.39, 0.29) is 6.10 Å². The van der Waals surface area contributed by atoms with Gasteiger partial charge in [-0.05, 0) is 36.6 Å². The maximum atomic E-state index is 12.5. The summed E-state index contributed by atoms with van der Waals surface area (Å²) in [7, 11) is 0. The summed E-state index contributed by atoms with van der Waals surface area (Å²) in [6, 6.07) is 14.2. The minimum atomic E-state index is -1.12. The molecule has 0 bridgehead atoms. The van der Waals surface area contributed by atoms with E-state index in [1.807, 2.05) is 0 Å². The van der Waals surface area contributed by atoms with Gasteiger partial charge in [0.05, 0.1) is 6.10 Å². The van der Waals surface area contributed by atoms with Crippen LogP contribution in [-0.4, -0.2) is 36.3 Å². The number of aliphatic carboxylic acids is 1. The van der Waals surface area contributed by atoms with E-state index in [1.54, 1.807) is 54.6 Å². The van der Waals surface area contributed by atoms with Gasteiger partial charge in [-0.25, -0.2) is 4.79 Å². The molecule has 2 N–H and O–H groups in total. The highest BCUT2D eigenvalue weighted by Gasteiger charge is 2.23. The van der Waals surface area contributed by atoms with E-state index >= 15 is 0 Å². The molecule has 136 valence electrons. The largest absolute Gasteiger partial charge is 0.491 e. The van der Waals surface area contributed by atoms with Crippen LogP contribution in [0.1, 0.15) is 34.8 Å². The molecular weight excluding hydrogens is 334 g/mol. The Balaban J connectivity index is 1.66. The van der Waals surface area contributed by atoms with Crippen molar-refractivity contribution in [1.82, 2.24) is 5.32 Å². The molecule has 0 spiro atoms. The number of nitrogens with one attached hydrogen (secondary N) is 1. The third-order valence-corrected chi connectivity index (χ3v) is 4.21. The fourth-order valence-corrected chi connectivity index (χ4v) is 2.84. The van der Waals surface area contributed by atoms with Crippen LogP contribution < -0.4 is 10.1 Å². The number of carbonyl (C=O) groups is 2. The number of ether oxygens (including phenoxy) is 2. The van der Waals surface area contributed by atoms with Crippen LogP contribution in [0.3, 0.4) is 0 Å². The van der Waals surface area contributed by atoms with Gasteiger partial charge in [-0.2, -0.15) is 0 Å². The lowest BCUT2D eigenvalue weighted by molar-refractivity contribution is -0.139. The molecule has 3 rings (SSSR count). The molecule has 1 saturated heterocycles. The van der Waals surface area contributed by atoms with E-state index in [0.29, 0.717) is 23.5 Å². The van der Waals surface area contributed by atoms with E-state index in [4.69, 9.17) is 9.47 Å². The van der Waals surface area contributed by atoms with Crippen LogP contribution in [0.5, 0.6) is 5.75 Å².